The molecule has 1 aromatic heterocycles. The van der Waals surface area contributed by atoms with Gasteiger partial charge in [-0.05, 0) is 42.9 Å². The maximum Gasteiger partial charge on any atom is 0.303 e. The van der Waals surface area contributed by atoms with E-state index in [1.54, 1.807) is 18.2 Å². The monoisotopic (exact) mass is 505 g/mol. The van der Waals surface area contributed by atoms with Crippen LogP contribution < -0.4 is 14.8 Å². The molecule has 2 bridgehead atoms. The fourth-order valence-electron chi connectivity index (χ4n) is 5.38. The van der Waals surface area contributed by atoms with Crippen molar-refractivity contribution in [2.24, 2.45) is 5.41 Å². The SMILES string of the molecule is CC(F)(F)c1ncc(OCC(=O)NC23CC(CC(=O)[C@H]4CC(=O)c5cc(Cl)ccc5O4)(C2)C3)cn1. The summed E-state index contributed by atoms with van der Waals surface area (Å²) in [7, 11) is 0. The number of ketones is 2. The van der Waals surface area contributed by atoms with Crippen LogP contribution in [0.5, 0.6) is 11.5 Å². The smallest absolute Gasteiger partial charge is 0.303 e. The van der Waals surface area contributed by atoms with Crippen LogP contribution in [0.15, 0.2) is 30.6 Å². The number of aromatic nitrogens is 2. The predicted octanol–water partition coefficient (Wildman–Crippen LogP) is 3.65. The highest BCUT2D eigenvalue weighted by atomic mass is 35.5. The van der Waals surface area contributed by atoms with Gasteiger partial charge in [-0.3, -0.25) is 14.4 Å². The standard InChI is InChI=1S/C24H22ClF2N3O5/c1-22(26,27)21-28-7-14(8-29-21)34-9-20(33)30-24-10-23(11-24,12-24)6-17(32)19-5-16(31)15-4-13(25)2-3-18(15)35-19/h2-4,7-8,19H,5-6,9-12H2,1H3,(H,30,33)/t19-,23?,24?/m1/s1. The van der Waals surface area contributed by atoms with Gasteiger partial charge in [-0.2, -0.15) is 8.78 Å². The molecule has 1 amide bonds. The highest BCUT2D eigenvalue weighted by molar-refractivity contribution is 6.31. The zero-order valence-electron chi connectivity index (χ0n) is 18.8. The van der Waals surface area contributed by atoms with Gasteiger partial charge >= 0.3 is 5.92 Å². The minimum atomic E-state index is -3.16. The van der Waals surface area contributed by atoms with E-state index in [0.29, 0.717) is 42.5 Å². The molecule has 1 aromatic carbocycles. The van der Waals surface area contributed by atoms with Crippen molar-refractivity contribution in [3.63, 3.8) is 0 Å². The van der Waals surface area contributed by atoms with E-state index in [4.69, 9.17) is 21.1 Å². The first-order valence-electron chi connectivity index (χ1n) is 11.1. The summed E-state index contributed by atoms with van der Waals surface area (Å²) in [5, 5.41) is 3.37. The summed E-state index contributed by atoms with van der Waals surface area (Å²) >= 11 is 5.94. The molecule has 0 radical (unpaired) electrons. The number of carbonyl (C=O) groups excluding carboxylic acids is 3. The molecule has 1 N–H and O–H groups in total. The third-order valence-electron chi connectivity index (χ3n) is 6.73. The molecule has 0 unspecified atom stereocenters. The summed E-state index contributed by atoms with van der Waals surface area (Å²) in [6.07, 6.45) is 3.63. The van der Waals surface area contributed by atoms with Crippen molar-refractivity contribution in [1.29, 1.82) is 0 Å². The normalized spacial score (nSPS) is 26.5. The largest absolute Gasteiger partial charge is 0.481 e. The number of fused-ring (bicyclic) bond motifs is 1. The number of alkyl halides is 2. The number of nitrogens with one attached hydrogen (secondary N) is 1. The van der Waals surface area contributed by atoms with Gasteiger partial charge in [0.05, 0.1) is 24.4 Å². The molecule has 6 rings (SSSR count). The number of carbonyl (C=O) groups is 3. The predicted molar refractivity (Wildman–Crippen MR) is 119 cm³/mol. The summed E-state index contributed by atoms with van der Waals surface area (Å²) in [6, 6.07) is 4.76. The van der Waals surface area contributed by atoms with E-state index in [1.807, 2.05) is 0 Å². The Morgan fingerprint density at radius 3 is 2.60 bits per heavy atom. The lowest BCUT2D eigenvalue weighted by Crippen LogP contribution is -2.75. The number of amides is 1. The van der Waals surface area contributed by atoms with Gasteiger partial charge in [-0.1, -0.05) is 11.6 Å². The van der Waals surface area contributed by atoms with Crippen LogP contribution in [0, 0.1) is 5.41 Å². The molecule has 0 saturated heterocycles. The molecule has 2 heterocycles. The fraction of sp³-hybridized carbons (Fsp3) is 0.458. The molecular formula is C24H22ClF2N3O5. The van der Waals surface area contributed by atoms with Crippen LogP contribution in [0.4, 0.5) is 8.78 Å². The van der Waals surface area contributed by atoms with Crippen LogP contribution >= 0.6 is 11.6 Å². The molecule has 3 fully saturated rings. The maximum atomic E-state index is 13.2. The molecule has 4 aliphatic rings. The Kier molecular flexibility index (Phi) is 5.54. The summed E-state index contributed by atoms with van der Waals surface area (Å²) < 4.78 is 37.4. The molecule has 1 aliphatic heterocycles. The second-order valence-corrected chi connectivity index (χ2v) is 10.2. The first kappa shape index (κ1) is 23.6. The Bertz CT molecular complexity index is 1190. The summed E-state index contributed by atoms with van der Waals surface area (Å²) in [5.74, 6) is -3.95. The number of Topliss-reactive ketones (excluding diaryl/α,β-unsaturated/α-hetero) is 2. The average Bonchev–Trinajstić information content (AvgIpc) is 2.75. The molecule has 1 atom stereocenters. The first-order chi connectivity index (χ1) is 16.5. The summed E-state index contributed by atoms with van der Waals surface area (Å²) in [6.45, 7) is 0.387. The second-order valence-electron chi connectivity index (χ2n) is 9.80. The van der Waals surface area contributed by atoms with Crippen molar-refractivity contribution in [2.75, 3.05) is 6.61 Å². The Morgan fingerprint density at radius 2 is 1.94 bits per heavy atom. The zero-order valence-corrected chi connectivity index (χ0v) is 19.5. The number of benzene rings is 1. The molecule has 184 valence electrons. The van der Waals surface area contributed by atoms with Crippen LogP contribution in [0.1, 0.15) is 55.2 Å². The van der Waals surface area contributed by atoms with Crippen molar-refractivity contribution < 1.29 is 32.6 Å². The molecule has 3 saturated carbocycles. The fourth-order valence-corrected chi connectivity index (χ4v) is 5.55. The van der Waals surface area contributed by atoms with Crippen LogP contribution in [-0.2, 0) is 15.5 Å². The minimum Gasteiger partial charge on any atom is -0.481 e. The van der Waals surface area contributed by atoms with E-state index in [-0.39, 0.29) is 53.6 Å². The third-order valence-corrected chi connectivity index (χ3v) is 6.96. The van der Waals surface area contributed by atoms with Crippen LogP contribution in [-0.4, -0.2) is 45.7 Å². The third kappa shape index (κ3) is 4.59. The highest BCUT2D eigenvalue weighted by Crippen LogP contribution is 2.69. The summed E-state index contributed by atoms with van der Waals surface area (Å²) in [5.41, 5.74) is -0.160. The molecule has 3 aliphatic carbocycles. The molecule has 0 spiro atoms. The van der Waals surface area contributed by atoms with E-state index in [2.05, 4.69) is 15.3 Å². The number of hydrogen-bond acceptors (Lipinski definition) is 7. The van der Waals surface area contributed by atoms with Gasteiger partial charge in [0.25, 0.3) is 5.91 Å². The molecule has 35 heavy (non-hydrogen) atoms. The van der Waals surface area contributed by atoms with Gasteiger partial charge in [0, 0.05) is 23.9 Å². The first-order valence-corrected chi connectivity index (χ1v) is 11.5. The Labute approximate surface area is 204 Å². The van der Waals surface area contributed by atoms with Gasteiger partial charge in [0.15, 0.2) is 35.9 Å². The lowest BCUT2D eigenvalue weighted by Gasteiger charge is -2.70. The van der Waals surface area contributed by atoms with Gasteiger partial charge in [-0.25, -0.2) is 9.97 Å². The lowest BCUT2D eigenvalue weighted by molar-refractivity contribution is -0.175. The van der Waals surface area contributed by atoms with Crippen molar-refractivity contribution in [1.82, 2.24) is 15.3 Å². The van der Waals surface area contributed by atoms with Gasteiger partial charge in [0.1, 0.15) is 5.75 Å². The van der Waals surface area contributed by atoms with E-state index >= 15 is 0 Å². The van der Waals surface area contributed by atoms with E-state index in [1.165, 1.54) is 0 Å². The van der Waals surface area contributed by atoms with E-state index < -0.39 is 17.9 Å². The van der Waals surface area contributed by atoms with Crippen molar-refractivity contribution in [3.8, 4) is 11.5 Å². The quantitative estimate of drug-likeness (QED) is 0.583. The highest BCUT2D eigenvalue weighted by Gasteiger charge is 2.68. The lowest BCUT2D eigenvalue weighted by atomic mass is 9.38. The van der Waals surface area contributed by atoms with Crippen molar-refractivity contribution in [3.05, 3.63) is 47.0 Å². The number of rotatable bonds is 8. The van der Waals surface area contributed by atoms with Crippen LogP contribution in [0.25, 0.3) is 0 Å². The maximum absolute atomic E-state index is 13.2. The minimum absolute atomic E-state index is 0.0118. The molecule has 2 aromatic rings. The Hall–Kier alpha value is -3.14. The topological polar surface area (TPSA) is 107 Å². The van der Waals surface area contributed by atoms with E-state index in [9.17, 15) is 23.2 Å². The molecule has 8 nitrogen and oxygen atoms in total. The Balaban J connectivity index is 1.08. The number of ether oxygens (including phenoxy) is 2. The summed E-state index contributed by atoms with van der Waals surface area (Å²) in [4.78, 5) is 44.7. The molecule has 11 heteroatoms. The van der Waals surface area contributed by atoms with Crippen molar-refractivity contribution in [2.45, 2.75) is 56.6 Å². The van der Waals surface area contributed by atoms with Crippen molar-refractivity contribution >= 4 is 29.1 Å². The van der Waals surface area contributed by atoms with Gasteiger partial charge < -0.3 is 14.8 Å². The van der Waals surface area contributed by atoms with Gasteiger partial charge in [-0.15, -0.1) is 0 Å². The average molecular weight is 506 g/mol. The Morgan fingerprint density at radius 1 is 1.26 bits per heavy atom. The zero-order chi connectivity index (χ0) is 25.0. The van der Waals surface area contributed by atoms with E-state index in [0.717, 1.165) is 12.4 Å². The second kappa shape index (κ2) is 8.22. The number of hydrogen-bond donors (Lipinski definition) is 1. The van der Waals surface area contributed by atoms with Crippen LogP contribution in [0.3, 0.4) is 0 Å². The number of nitrogens with zero attached hydrogens (tertiary/aromatic N) is 2. The number of halogens is 3. The molecular weight excluding hydrogens is 484 g/mol. The van der Waals surface area contributed by atoms with Gasteiger partial charge in [0.2, 0.25) is 0 Å². The van der Waals surface area contributed by atoms with Crippen LogP contribution in [0.2, 0.25) is 5.02 Å².